The van der Waals surface area contributed by atoms with E-state index in [-0.39, 0.29) is 11.4 Å². The minimum Gasteiger partial charge on any atom is -0.320 e. The first kappa shape index (κ1) is 15.6. The molecule has 1 amide bonds. The standard InChI is InChI=1S/C16H10ClF3N2O/c1-8-12(17)6-5-11-13(8)22-15(23)14(11)21-10-4-2-3-9(7-10)16(18,19)20/h2-7H,1H3,(H,21,22,23). The summed E-state index contributed by atoms with van der Waals surface area (Å²) in [4.78, 5) is 16.2. The van der Waals surface area contributed by atoms with Gasteiger partial charge in [0.05, 0.1) is 16.9 Å². The summed E-state index contributed by atoms with van der Waals surface area (Å²) in [7, 11) is 0. The Morgan fingerprint density at radius 1 is 1.17 bits per heavy atom. The van der Waals surface area contributed by atoms with Crippen LogP contribution in [-0.4, -0.2) is 11.6 Å². The molecule has 0 unspecified atom stereocenters. The molecule has 1 aliphatic rings. The number of carbonyl (C=O) groups excluding carboxylic acids is 1. The van der Waals surface area contributed by atoms with Crippen molar-refractivity contribution in [1.29, 1.82) is 0 Å². The van der Waals surface area contributed by atoms with Crippen LogP contribution in [-0.2, 0) is 11.0 Å². The van der Waals surface area contributed by atoms with E-state index in [4.69, 9.17) is 11.6 Å². The van der Waals surface area contributed by atoms with Crippen LogP contribution in [0.3, 0.4) is 0 Å². The molecule has 0 fully saturated rings. The zero-order valence-corrected chi connectivity index (χ0v) is 12.6. The van der Waals surface area contributed by atoms with Crippen molar-refractivity contribution in [3.05, 3.63) is 58.1 Å². The number of nitrogens with zero attached hydrogens (tertiary/aromatic N) is 1. The summed E-state index contributed by atoms with van der Waals surface area (Å²) in [5, 5.41) is 3.14. The lowest BCUT2D eigenvalue weighted by Crippen LogP contribution is -2.14. The summed E-state index contributed by atoms with van der Waals surface area (Å²) in [5.74, 6) is -0.470. The molecule has 3 nitrogen and oxygen atoms in total. The van der Waals surface area contributed by atoms with Crippen molar-refractivity contribution < 1.29 is 18.0 Å². The van der Waals surface area contributed by atoms with Gasteiger partial charge in [-0.05, 0) is 42.8 Å². The Kier molecular flexibility index (Phi) is 3.64. The van der Waals surface area contributed by atoms with Crippen molar-refractivity contribution in [1.82, 2.24) is 0 Å². The van der Waals surface area contributed by atoms with Crippen LogP contribution in [0.2, 0.25) is 5.02 Å². The van der Waals surface area contributed by atoms with Crippen molar-refractivity contribution >= 4 is 34.6 Å². The highest BCUT2D eigenvalue weighted by Crippen LogP contribution is 2.34. The summed E-state index contributed by atoms with van der Waals surface area (Å²) < 4.78 is 38.3. The quantitative estimate of drug-likeness (QED) is 0.801. The third kappa shape index (κ3) is 2.82. The summed E-state index contributed by atoms with van der Waals surface area (Å²) in [6.45, 7) is 1.74. The molecule has 7 heteroatoms. The molecule has 0 aliphatic carbocycles. The number of alkyl halides is 3. The SMILES string of the molecule is Cc1c(Cl)ccc2c1NC(=O)C2=Nc1cccc(C(F)(F)F)c1. The normalized spacial score (nSPS) is 15.7. The van der Waals surface area contributed by atoms with E-state index in [0.29, 0.717) is 21.8 Å². The van der Waals surface area contributed by atoms with Crippen LogP contribution in [0.4, 0.5) is 24.5 Å². The van der Waals surface area contributed by atoms with E-state index in [9.17, 15) is 18.0 Å². The summed E-state index contributed by atoms with van der Waals surface area (Å²) in [5.41, 5.74) is 1.06. The maximum absolute atomic E-state index is 12.8. The first-order valence-corrected chi connectivity index (χ1v) is 7.02. The van der Waals surface area contributed by atoms with E-state index in [2.05, 4.69) is 10.3 Å². The Morgan fingerprint density at radius 3 is 2.61 bits per heavy atom. The van der Waals surface area contributed by atoms with Crippen LogP contribution in [0.5, 0.6) is 0 Å². The molecule has 1 heterocycles. The zero-order valence-electron chi connectivity index (χ0n) is 11.8. The van der Waals surface area contributed by atoms with E-state index < -0.39 is 17.6 Å². The molecule has 0 saturated heterocycles. The lowest BCUT2D eigenvalue weighted by Gasteiger charge is -2.07. The number of hydrogen-bond donors (Lipinski definition) is 1. The van der Waals surface area contributed by atoms with Crippen LogP contribution < -0.4 is 5.32 Å². The van der Waals surface area contributed by atoms with Gasteiger partial charge in [-0.1, -0.05) is 17.7 Å². The number of hydrogen-bond acceptors (Lipinski definition) is 2. The van der Waals surface area contributed by atoms with Gasteiger partial charge in [0.2, 0.25) is 0 Å². The average molecular weight is 339 g/mol. The number of aliphatic imine (C=N–C) groups is 1. The van der Waals surface area contributed by atoms with Crippen molar-refractivity contribution in [2.24, 2.45) is 4.99 Å². The number of halogens is 4. The van der Waals surface area contributed by atoms with Gasteiger partial charge in [0, 0.05) is 10.6 Å². The van der Waals surface area contributed by atoms with Gasteiger partial charge in [0.25, 0.3) is 5.91 Å². The summed E-state index contributed by atoms with van der Waals surface area (Å²) >= 11 is 6.00. The Morgan fingerprint density at radius 2 is 1.91 bits per heavy atom. The second kappa shape index (κ2) is 5.38. The maximum atomic E-state index is 12.8. The van der Waals surface area contributed by atoms with E-state index >= 15 is 0 Å². The molecule has 23 heavy (non-hydrogen) atoms. The van der Waals surface area contributed by atoms with E-state index in [1.807, 2.05) is 0 Å². The Bertz CT molecular complexity index is 844. The Labute approximate surface area is 134 Å². The highest BCUT2D eigenvalue weighted by atomic mass is 35.5. The summed E-state index contributed by atoms with van der Waals surface area (Å²) in [6.07, 6.45) is -4.46. The van der Waals surface area contributed by atoms with Gasteiger partial charge in [-0.3, -0.25) is 4.79 Å². The molecule has 0 spiro atoms. The molecule has 3 rings (SSSR count). The molecule has 118 valence electrons. The van der Waals surface area contributed by atoms with Gasteiger partial charge in [-0.25, -0.2) is 4.99 Å². The van der Waals surface area contributed by atoms with E-state index in [1.165, 1.54) is 12.1 Å². The lowest BCUT2D eigenvalue weighted by atomic mass is 10.1. The minimum atomic E-state index is -4.46. The number of nitrogens with one attached hydrogen (secondary N) is 1. The van der Waals surface area contributed by atoms with Crippen molar-refractivity contribution in [3.8, 4) is 0 Å². The van der Waals surface area contributed by atoms with Crippen molar-refractivity contribution in [2.75, 3.05) is 5.32 Å². The molecule has 0 radical (unpaired) electrons. The van der Waals surface area contributed by atoms with E-state index in [0.717, 1.165) is 12.1 Å². The smallest absolute Gasteiger partial charge is 0.320 e. The molecule has 0 bridgehead atoms. The topological polar surface area (TPSA) is 41.5 Å². The molecule has 2 aromatic carbocycles. The van der Waals surface area contributed by atoms with Crippen LogP contribution in [0.25, 0.3) is 0 Å². The first-order chi connectivity index (χ1) is 10.8. The maximum Gasteiger partial charge on any atom is 0.416 e. The molecule has 2 aromatic rings. The van der Waals surface area contributed by atoms with Crippen LogP contribution >= 0.6 is 11.6 Å². The fourth-order valence-electron chi connectivity index (χ4n) is 2.33. The van der Waals surface area contributed by atoms with Crippen LogP contribution in [0.1, 0.15) is 16.7 Å². The van der Waals surface area contributed by atoms with Gasteiger partial charge in [-0.15, -0.1) is 0 Å². The van der Waals surface area contributed by atoms with Crippen molar-refractivity contribution in [3.63, 3.8) is 0 Å². The van der Waals surface area contributed by atoms with Gasteiger partial charge in [0.1, 0.15) is 5.71 Å². The lowest BCUT2D eigenvalue weighted by molar-refractivity contribution is -0.137. The van der Waals surface area contributed by atoms with E-state index in [1.54, 1.807) is 19.1 Å². The Hall–Kier alpha value is -2.34. The van der Waals surface area contributed by atoms with Gasteiger partial charge in [-0.2, -0.15) is 13.2 Å². The Balaban J connectivity index is 2.09. The third-order valence-corrected chi connectivity index (χ3v) is 3.93. The predicted molar refractivity (Wildman–Crippen MR) is 82.5 cm³/mol. The predicted octanol–water partition coefficient (Wildman–Crippen LogP) is 4.74. The van der Waals surface area contributed by atoms with Crippen molar-refractivity contribution in [2.45, 2.75) is 13.1 Å². The van der Waals surface area contributed by atoms with Crippen LogP contribution in [0, 0.1) is 6.92 Å². The number of anilines is 1. The average Bonchev–Trinajstić information content (AvgIpc) is 2.80. The van der Waals surface area contributed by atoms with Gasteiger partial charge in [0.15, 0.2) is 0 Å². The van der Waals surface area contributed by atoms with Gasteiger partial charge >= 0.3 is 6.18 Å². The molecular formula is C16H10ClF3N2O. The third-order valence-electron chi connectivity index (χ3n) is 3.52. The molecule has 1 N–H and O–H groups in total. The molecule has 1 aliphatic heterocycles. The minimum absolute atomic E-state index is 0.0606. The summed E-state index contributed by atoms with van der Waals surface area (Å²) in [6, 6.07) is 7.77. The monoisotopic (exact) mass is 338 g/mol. The number of rotatable bonds is 1. The second-order valence-corrected chi connectivity index (χ2v) is 5.46. The number of amides is 1. The number of benzene rings is 2. The largest absolute Gasteiger partial charge is 0.416 e. The van der Waals surface area contributed by atoms with Gasteiger partial charge < -0.3 is 5.32 Å². The number of carbonyl (C=O) groups is 1. The first-order valence-electron chi connectivity index (χ1n) is 6.64. The van der Waals surface area contributed by atoms with Crippen LogP contribution in [0.15, 0.2) is 41.4 Å². The molecule has 0 atom stereocenters. The highest BCUT2D eigenvalue weighted by molar-refractivity contribution is 6.54. The fourth-order valence-corrected chi connectivity index (χ4v) is 2.49. The molecular weight excluding hydrogens is 329 g/mol. The fraction of sp³-hybridized carbons (Fsp3) is 0.125. The molecule has 0 aromatic heterocycles. The second-order valence-electron chi connectivity index (χ2n) is 5.06. The highest BCUT2D eigenvalue weighted by Gasteiger charge is 2.31. The number of fused-ring (bicyclic) bond motifs is 1. The molecule has 0 saturated carbocycles. The zero-order chi connectivity index (χ0) is 16.8.